The lowest BCUT2D eigenvalue weighted by atomic mass is 10.1. The summed E-state index contributed by atoms with van der Waals surface area (Å²) in [5.41, 5.74) is 1.29. The highest BCUT2D eigenvalue weighted by molar-refractivity contribution is 5.96. The van der Waals surface area contributed by atoms with E-state index in [1.165, 1.54) is 12.1 Å². The number of carboxylic acids is 1. The predicted octanol–water partition coefficient (Wildman–Crippen LogP) is 1.62. The van der Waals surface area contributed by atoms with Gasteiger partial charge in [-0.2, -0.15) is 0 Å². The lowest BCUT2D eigenvalue weighted by Crippen LogP contribution is -2.01. The maximum atomic E-state index is 10.7. The van der Waals surface area contributed by atoms with Crippen LogP contribution in [0.3, 0.4) is 0 Å². The number of fused-ring (bicyclic) bond motifs is 1. The molecule has 1 aromatic carbocycles. The fraction of sp³-hybridized carbons (Fsp3) is 0.100. The topological polar surface area (TPSA) is 80.4 Å². The average molecular weight is 205 g/mol. The minimum absolute atomic E-state index is 0.0139. The Bertz CT molecular complexity index is 490. The maximum absolute atomic E-state index is 10.7. The Morgan fingerprint density at radius 3 is 2.80 bits per heavy atom. The van der Waals surface area contributed by atoms with Gasteiger partial charge in [0, 0.05) is 23.6 Å². The number of nitrogens with zero attached hydrogens (tertiary/aromatic N) is 1. The number of benzene rings is 1. The smallest absolute Gasteiger partial charge is 0.331 e. The largest absolute Gasteiger partial charge is 0.478 e. The summed E-state index contributed by atoms with van der Waals surface area (Å²) >= 11 is 0. The van der Waals surface area contributed by atoms with Crippen molar-refractivity contribution in [2.75, 3.05) is 0 Å². The molecule has 0 saturated carbocycles. The normalized spacial score (nSPS) is 13.2. The molecule has 0 spiro atoms. The predicted molar refractivity (Wildman–Crippen MR) is 52.4 cm³/mol. The highest BCUT2D eigenvalue weighted by atomic mass is 16.6. The fourth-order valence-corrected chi connectivity index (χ4v) is 1.66. The Morgan fingerprint density at radius 2 is 2.20 bits per heavy atom. The molecule has 0 unspecified atom stereocenters. The number of hydrogen-bond donors (Lipinski definition) is 1. The first-order valence-corrected chi connectivity index (χ1v) is 4.29. The van der Waals surface area contributed by atoms with E-state index in [0.29, 0.717) is 11.1 Å². The van der Waals surface area contributed by atoms with Crippen LogP contribution in [-0.4, -0.2) is 16.0 Å². The van der Waals surface area contributed by atoms with Crippen LogP contribution in [-0.2, 0) is 11.2 Å². The summed E-state index contributed by atoms with van der Waals surface area (Å²) in [5, 5.41) is 19.4. The summed E-state index contributed by atoms with van der Waals surface area (Å²) in [7, 11) is 0. The van der Waals surface area contributed by atoms with Crippen molar-refractivity contribution in [2.24, 2.45) is 0 Å². The molecule has 0 fully saturated rings. The molecule has 0 bridgehead atoms. The van der Waals surface area contributed by atoms with E-state index in [-0.39, 0.29) is 17.7 Å². The average Bonchev–Trinajstić information content (AvgIpc) is 2.60. The van der Waals surface area contributed by atoms with Crippen LogP contribution in [0, 0.1) is 10.1 Å². The monoisotopic (exact) mass is 205 g/mol. The second kappa shape index (κ2) is 3.20. The van der Waals surface area contributed by atoms with Crippen LogP contribution in [0.25, 0.3) is 6.08 Å². The third-order valence-corrected chi connectivity index (χ3v) is 2.36. The summed E-state index contributed by atoms with van der Waals surface area (Å²) < 4.78 is 0. The number of aliphatic carboxylic acids is 1. The van der Waals surface area contributed by atoms with Gasteiger partial charge in [0.2, 0.25) is 0 Å². The van der Waals surface area contributed by atoms with Gasteiger partial charge < -0.3 is 5.11 Å². The minimum atomic E-state index is -1.03. The van der Waals surface area contributed by atoms with Crippen LogP contribution in [0.15, 0.2) is 23.8 Å². The number of hydrogen-bond acceptors (Lipinski definition) is 3. The van der Waals surface area contributed by atoms with Crippen molar-refractivity contribution in [1.82, 2.24) is 0 Å². The Kier molecular flexibility index (Phi) is 2.00. The zero-order chi connectivity index (χ0) is 11.0. The van der Waals surface area contributed by atoms with E-state index in [4.69, 9.17) is 5.11 Å². The summed E-state index contributed by atoms with van der Waals surface area (Å²) in [6, 6.07) is 4.62. The standard InChI is InChI=1S/C10H7NO4/c12-10(13)7-4-6-2-1-3-9(11(14)15)8(6)5-7/h1-4H,5H2,(H,12,13). The molecule has 0 aromatic heterocycles. The van der Waals surface area contributed by atoms with E-state index in [1.54, 1.807) is 12.1 Å². The van der Waals surface area contributed by atoms with Gasteiger partial charge in [-0.05, 0) is 11.6 Å². The molecule has 0 aliphatic heterocycles. The first-order chi connectivity index (χ1) is 7.09. The molecule has 0 radical (unpaired) electrons. The summed E-state index contributed by atoms with van der Waals surface area (Å²) in [6.45, 7) is 0. The van der Waals surface area contributed by atoms with Gasteiger partial charge in [-0.15, -0.1) is 0 Å². The number of nitro groups is 1. The zero-order valence-corrected chi connectivity index (χ0v) is 7.64. The van der Waals surface area contributed by atoms with Crippen LogP contribution in [0.5, 0.6) is 0 Å². The lowest BCUT2D eigenvalue weighted by Gasteiger charge is -1.99. The fourth-order valence-electron chi connectivity index (χ4n) is 1.66. The molecular weight excluding hydrogens is 198 g/mol. The lowest BCUT2D eigenvalue weighted by molar-refractivity contribution is -0.385. The maximum Gasteiger partial charge on any atom is 0.331 e. The molecule has 0 saturated heterocycles. The van der Waals surface area contributed by atoms with E-state index in [0.717, 1.165) is 0 Å². The first kappa shape index (κ1) is 9.39. The zero-order valence-electron chi connectivity index (χ0n) is 7.64. The third kappa shape index (κ3) is 1.48. The minimum Gasteiger partial charge on any atom is -0.478 e. The van der Waals surface area contributed by atoms with Crippen molar-refractivity contribution in [2.45, 2.75) is 6.42 Å². The van der Waals surface area contributed by atoms with Gasteiger partial charge in [0.25, 0.3) is 5.69 Å². The van der Waals surface area contributed by atoms with Gasteiger partial charge in [-0.3, -0.25) is 10.1 Å². The van der Waals surface area contributed by atoms with E-state index in [1.807, 2.05) is 0 Å². The molecule has 0 heterocycles. The van der Waals surface area contributed by atoms with Crippen LogP contribution in [0.4, 0.5) is 5.69 Å². The number of carbonyl (C=O) groups is 1. The van der Waals surface area contributed by atoms with Crippen LogP contribution < -0.4 is 0 Å². The van der Waals surface area contributed by atoms with E-state index in [2.05, 4.69) is 0 Å². The quantitative estimate of drug-likeness (QED) is 0.587. The number of carboxylic acid groups (broad SMARTS) is 1. The van der Waals surface area contributed by atoms with Gasteiger partial charge in [0.05, 0.1) is 4.92 Å². The SMILES string of the molecule is O=C(O)C1=Cc2cccc([N+](=O)[O-])c2C1. The van der Waals surface area contributed by atoms with Crippen LogP contribution in [0.1, 0.15) is 11.1 Å². The summed E-state index contributed by atoms with van der Waals surface area (Å²) in [5.74, 6) is -1.03. The molecule has 76 valence electrons. The first-order valence-electron chi connectivity index (χ1n) is 4.29. The van der Waals surface area contributed by atoms with Crippen molar-refractivity contribution < 1.29 is 14.8 Å². The van der Waals surface area contributed by atoms with Gasteiger partial charge in [0.15, 0.2) is 0 Å². The van der Waals surface area contributed by atoms with E-state index < -0.39 is 10.9 Å². The van der Waals surface area contributed by atoms with Crippen molar-refractivity contribution in [1.29, 1.82) is 0 Å². The van der Waals surface area contributed by atoms with Crippen molar-refractivity contribution in [3.8, 4) is 0 Å². The van der Waals surface area contributed by atoms with Crippen LogP contribution in [0.2, 0.25) is 0 Å². The highest BCUT2D eigenvalue weighted by Crippen LogP contribution is 2.32. The molecule has 5 heteroatoms. The molecule has 2 rings (SSSR count). The molecule has 1 aliphatic rings. The van der Waals surface area contributed by atoms with Crippen molar-refractivity contribution in [3.63, 3.8) is 0 Å². The van der Waals surface area contributed by atoms with Crippen molar-refractivity contribution in [3.05, 3.63) is 45.0 Å². The van der Waals surface area contributed by atoms with Crippen molar-refractivity contribution >= 4 is 17.7 Å². The Morgan fingerprint density at radius 1 is 1.47 bits per heavy atom. The molecule has 5 nitrogen and oxygen atoms in total. The van der Waals surface area contributed by atoms with Gasteiger partial charge in [0.1, 0.15) is 0 Å². The van der Waals surface area contributed by atoms with Gasteiger partial charge in [-0.1, -0.05) is 12.1 Å². The highest BCUT2D eigenvalue weighted by Gasteiger charge is 2.25. The van der Waals surface area contributed by atoms with E-state index in [9.17, 15) is 14.9 Å². The van der Waals surface area contributed by atoms with Gasteiger partial charge in [-0.25, -0.2) is 4.79 Å². The molecule has 1 aliphatic carbocycles. The number of nitro benzene ring substituents is 1. The molecule has 1 aromatic rings. The Labute approximate surface area is 84.8 Å². The summed E-state index contributed by atoms with van der Waals surface area (Å²) in [6.07, 6.45) is 1.60. The second-order valence-electron chi connectivity index (χ2n) is 3.25. The molecule has 0 atom stereocenters. The number of rotatable bonds is 2. The Hall–Kier alpha value is -2.17. The molecule has 15 heavy (non-hydrogen) atoms. The molecular formula is C10H7NO4. The van der Waals surface area contributed by atoms with E-state index >= 15 is 0 Å². The second-order valence-corrected chi connectivity index (χ2v) is 3.25. The molecule has 1 N–H and O–H groups in total. The Balaban J connectivity index is 2.49. The summed E-state index contributed by atoms with van der Waals surface area (Å²) in [4.78, 5) is 20.9. The third-order valence-electron chi connectivity index (χ3n) is 2.36. The molecule has 0 amide bonds. The van der Waals surface area contributed by atoms with Gasteiger partial charge >= 0.3 is 5.97 Å². The van der Waals surface area contributed by atoms with Crippen LogP contribution >= 0.6 is 0 Å².